The molecule has 0 aliphatic rings. The number of carbonyl (C=O) groups excluding carboxylic acids is 1. The standard InChI is InChI=1S/C16H16BrNO3/c17-13-4-2-1-3-12(13)15(20)16(21)14(18)9-10-5-7-11(19)8-6-10/h1-8,14-15,19-20H,9,18H2/t14-,15?/m0/s1. The second-order valence-electron chi connectivity index (χ2n) is 4.80. The van der Waals surface area contributed by atoms with Crippen LogP contribution >= 0.6 is 15.9 Å². The van der Waals surface area contributed by atoms with Crippen LogP contribution in [0.5, 0.6) is 5.75 Å². The third-order valence-corrected chi connectivity index (χ3v) is 3.95. The molecule has 5 heteroatoms. The molecule has 21 heavy (non-hydrogen) atoms. The van der Waals surface area contributed by atoms with Gasteiger partial charge in [0, 0.05) is 10.0 Å². The van der Waals surface area contributed by atoms with Crippen molar-refractivity contribution in [3.8, 4) is 5.75 Å². The summed E-state index contributed by atoms with van der Waals surface area (Å²) in [5.41, 5.74) is 7.22. The molecule has 2 atom stereocenters. The van der Waals surface area contributed by atoms with Crippen molar-refractivity contribution in [1.29, 1.82) is 0 Å². The second kappa shape index (κ2) is 6.85. The average molecular weight is 350 g/mol. The van der Waals surface area contributed by atoms with E-state index in [1.54, 1.807) is 36.4 Å². The van der Waals surface area contributed by atoms with E-state index in [1.807, 2.05) is 0 Å². The molecular formula is C16H16BrNO3. The first kappa shape index (κ1) is 15.7. The van der Waals surface area contributed by atoms with E-state index in [0.29, 0.717) is 16.5 Å². The Morgan fingerprint density at radius 1 is 1.14 bits per heavy atom. The van der Waals surface area contributed by atoms with Gasteiger partial charge in [-0.3, -0.25) is 4.79 Å². The lowest BCUT2D eigenvalue weighted by Gasteiger charge is -2.17. The zero-order chi connectivity index (χ0) is 15.4. The van der Waals surface area contributed by atoms with Crippen molar-refractivity contribution in [2.75, 3.05) is 0 Å². The number of aliphatic hydroxyl groups excluding tert-OH is 1. The Balaban J connectivity index is 2.08. The maximum absolute atomic E-state index is 12.2. The summed E-state index contributed by atoms with van der Waals surface area (Å²) in [7, 11) is 0. The van der Waals surface area contributed by atoms with Crippen LogP contribution in [0.1, 0.15) is 17.2 Å². The largest absolute Gasteiger partial charge is 0.508 e. The highest BCUT2D eigenvalue weighted by atomic mass is 79.9. The molecule has 0 fully saturated rings. The number of carbonyl (C=O) groups is 1. The van der Waals surface area contributed by atoms with E-state index >= 15 is 0 Å². The number of halogens is 1. The summed E-state index contributed by atoms with van der Waals surface area (Å²) in [6.07, 6.45) is -0.951. The van der Waals surface area contributed by atoms with Crippen molar-refractivity contribution in [3.63, 3.8) is 0 Å². The minimum absolute atomic E-state index is 0.159. The van der Waals surface area contributed by atoms with E-state index < -0.39 is 17.9 Å². The number of ketones is 1. The molecule has 0 bridgehead atoms. The number of Topliss-reactive ketones (excluding diaryl/α,β-unsaturated/α-hetero) is 1. The zero-order valence-corrected chi connectivity index (χ0v) is 12.8. The summed E-state index contributed by atoms with van der Waals surface area (Å²) < 4.78 is 0.669. The van der Waals surface area contributed by atoms with E-state index in [-0.39, 0.29) is 5.75 Å². The van der Waals surface area contributed by atoms with Gasteiger partial charge in [-0.2, -0.15) is 0 Å². The van der Waals surface area contributed by atoms with Crippen LogP contribution in [0.3, 0.4) is 0 Å². The lowest BCUT2D eigenvalue weighted by atomic mass is 9.96. The molecule has 0 radical (unpaired) electrons. The Hall–Kier alpha value is -1.69. The molecule has 0 saturated carbocycles. The number of phenolic OH excluding ortho intramolecular Hbond substituents is 1. The molecule has 2 aromatic carbocycles. The molecule has 0 amide bonds. The first-order chi connectivity index (χ1) is 9.99. The Morgan fingerprint density at radius 3 is 2.38 bits per heavy atom. The molecule has 2 rings (SSSR count). The van der Waals surface area contributed by atoms with Crippen molar-refractivity contribution in [3.05, 3.63) is 64.1 Å². The van der Waals surface area contributed by atoms with Crippen molar-refractivity contribution in [1.82, 2.24) is 0 Å². The fourth-order valence-electron chi connectivity index (χ4n) is 2.04. The fraction of sp³-hybridized carbons (Fsp3) is 0.188. The summed E-state index contributed by atoms with van der Waals surface area (Å²) in [5.74, 6) is -0.276. The minimum atomic E-state index is -1.26. The van der Waals surface area contributed by atoms with Gasteiger partial charge in [-0.25, -0.2) is 0 Å². The predicted octanol–water partition coefficient (Wildman–Crippen LogP) is 2.33. The molecule has 2 aromatic rings. The second-order valence-corrected chi connectivity index (χ2v) is 5.66. The monoisotopic (exact) mass is 349 g/mol. The van der Waals surface area contributed by atoms with E-state index in [4.69, 9.17) is 5.73 Å². The summed E-state index contributed by atoms with van der Waals surface area (Å²) in [4.78, 5) is 12.2. The number of hydrogen-bond donors (Lipinski definition) is 3. The molecule has 0 aromatic heterocycles. The smallest absolute Gasteiger partial charge is 0.182 e. The van der Waals surface area contributed by atoms with Gasteiger partial charge in [-0.05, 0) is 30.2 Å². The molecule has 0 heterocycles. The van der Waals surface area contributed by atoms with Crippen molar-refractivity contribution in [2.45, 2.75) is 18.6 Å². The van der Waals surface area contributed by atoms with Crippen molar-refractivity contribution >= 4 is 21.7 Å². The van der Waals surface area contributed by atoms with Crippen LogP contribution in [0.25, 0.3) is 0 Å². The van der Waals surface area contributed by atoms with Gasteiger partial charge < -0.3 is 15.9 Å². The molecule has 110 valence electrons. The molecule has 0 saturated heterocycles. The number of benzene rings is 2. The van der Waals surface area contributed by atoms with Crippen LogP contribution < -0.4 is 5.73 Å². The normalized spacial score (nSPS) is 13.7. The highest BCUT2D eigenvalue weighted by Gasteiger charge is 2.25. The maximum atomic E-state index is 12.2. The Morgan fingerprint density at radius 2 is 1.76 bits per heavy atom. The summed E-state index contributed by atoms with van der Waals surface area (Å²) in [6.45, 7) is 0. The van der Waals surface area contributed by atoms with E-state index in [1.165, 1.54) is 12.1 Å². The molecule has 4 nitrogen and oxygen atoms in total. The third kappa shape index (κ3) is 3.91. The van der Waals surface area contributed by atoms with Crippen LogP contribution in [0, 0.1) is 0 Å². The first-order valence-electron chi connectivity index (χ1n) is 6.48. The Kier molecular flexibility index (Phi) is 5.12. The van der Waals surface area contributed by atoms with Gasteiger partial charge in [0.1, 0.15) is 11.9 Å². The van der Waals surface area contributed by atoms with E-state index in [0.717, 1.165) is 5.56 Å². The molecule has 0 spiro atoms. The third-order valence-electron chi connectivity index (χ3n) is 3.23. The van der Waals surface area contributed by atoms with Crippen LogP contribution in [0.2, 0.25) is 0 Å². The minimum Gasteiger partial charge on any atom is -0.508 e. The Bertz CT molecular complexity index is 628. The van der Waals surface area contributed by atoms with Crippen LogP contribution in [0.4, 0.5) is 0 Å². The van der Waals surface area contributed by atoms with Gasteiger partial charge >= 0.3 is 0 Å². The summed E-state index contributed by atoms with van der Waals surface area (Å²) in [5, 5.41) is 19.4. The predicted molar refractivity (Wildman–Crippen MR) is 83.9 cm³/mol. The number of phenols is 1. The molecule has 0 aliphatic heterocycles. The molecule has 0 aliphatic carbocycles. The highest BCUT2D eigenvalue weighted by molar-refractivity contribution is 9.10. The topological polar surface area (TPSA) is 83.5 Å². The van der Waals surface area contributed by atoms with E-state index in [2.05, 4.69) is 15.9 Å². The zero-order valence-electron chi connectivity index (χ0n) is 11.2. The van der Waals surface area contributed by atoms with Crippen molar-refractivity contribution in [2.24, 2.45) is 5.73 Å². The SMILES string of the molecule is N[C@@H](Cc1ccc(O)cc1)C(=O)C(O)c1ccccc1Br. The highest BCUT2D eigenvalue weighted by Crippen LogP contribution is 2.24. The lowest BCUT2D eigenvalue weighted by Crippen LogP contribution is -2.36. The molecular weight excluding hydrogens is 334 g/mol. The molecule has 1 unspecified atom stereocenters. The quantitative estimate of drug-likeness (QED) is 0.773. The average Bonchev–Trinajstić information content (AvgIpc) is 2.48. The lowest BCUT2D eigenvalue weighted by molar-refractivity contribution is -0.128. The molecule has 4 N–H and O–H groups in total. The van der Waals surface area contributed by atoms with E-state index in [9.17, 15) is 15.0 Å². The summed E-state index contributed by atoms with van der Waals surface area (Å²) >= 11 is 3.31. The van der Waals surface area contributed by atoms with Gasteiger partial charge in [0.05, 0.1) is 6.04 Å². The maximum Gasteiger partial charge on any atom is 0.182 e. The number of hydrogen-bond acceptors (Lipinski definition) is 4. The van der Waals surface area contributed by atoms with Gasteiger partial charge in [0.25, 0.3) is 0 Å². The van der Waals surface area contributed by atoms with Crippen LogP contribution in [0.15, 0.2) is 53.0 Å². The number of aliphatic hydroxyl groups is 1. The Labute approximate surface area is 131 Å². The number of aromatic hydroxyl groups is 1. The number of nitrogens with two attached hydrogens (primary N) is 1. The first-order valence-corrected chi connectivity index (χ1v) is 7.28. The van der Waals surface area contributed by atoms with Gasteiger partial charge in [0.2, 0.25) is 0 Å². The van der Waals surface area contributed by atoms with Gasteiger partial charge in [-0.15, -0.1) is 0 Å². The summed E-state index contributed by atoms with van der Waals surface area (Å²) in [6, 6.07) is 12.7. The van der Waals surface area contributed by atoms with Crippen molar-refractivity contribution < 1.29 is 15.0 Å². The van der Waals surface area contributed by atoms with Gasteiger partial charge in [0.15, 0.2) is 5.78 Å². The van der Waals surface area contributed by atoms with Gasteiger partial charge in [-0.1, -0.05) is 46.3 Å². The van der Waals surface area contributed by atoms with Crippen LogP contribution in [-0.2, 0) is 11.2 Å². The number of rotatable bonds is 5. The van der Waals surface area contributed by atoms with Crippen LogP contribution in [-0.4, -0.2) is 22.0 Å². The fourth-order valence-corrected chi connectivity index (χ4v) is 2.54.